The number of para-hydroxylation sites is 1. The summed E-state index contributed by atoms with van der Waals surface area (Å²) in [5.74, 6) is -1.67. The van der Waals surface area contributed by atoms with Crippen molar-refractivity contribution in [3.63, 3.8) is 0 Å². The lowest BCUT2D eigenvalue weighted by Gasteiger charge is -2.09. The van der Waals surface area contributed by atoms with Crippen LogP contribution in [0, 0.1) is 0 Å². The highest BCUT2D eigenvalue weighted by Gasteiger charge is 2.23. The fourth-order valence-corrected chi connectivity index (χ4v) is 3.46. The van der Waals surface area contributed by atoms with Crippen LogP contribution in [0.2, 0.25) is 0 Å². The minimum absolute atomic E-state index is 0.144. The van der Waals surface area contributed by atoms with Gasteiger partial charge in [-0.2, -0.15) is 0 Å². The number of aliphatic hydroxyl groups is 1. The van der Waals surface area contributed by atoms with E-state index in [-0.39, 0.29) is 12.1 Å². The molecule has 1 aromatic carbocycles. The summed E-state index contributed by atoms with van der Waals surface area (Å²) < 4.78 is 0. The zero-order chi connectivity index (χ0) is 22.3. The zero-order valence-electron chi connectivity index (χ0n) is 18.6. The Bertz CT molecular complexity index is 807. The van der Waals surface area contributed by atoms with Crippen molar-refractivity contribution in [3.05, 3.63) is 42.1 Å². The fraction of sp³-hybridized carbons (Fsp3) is 0.560. The number of aromatic nitrogens is 1. The van der Waals surface area contributed by atoms with Gasteiger partial charge in [0, 0.05) is 5.39 Å². The molecule has 1 atom stereocenters. The highest BCUT2D eigenvalue weighted by molar-refractivity contribution is 5.81. The van der Waals surface area contributed by atoms with Gasteiger partial charge in [-0.15, -0.1) is 0 Å². The molecule has 2 rings (SSSR count). The molecule has 6 nitrogen and oxygen atoms in total. The Labute approximate surface area is 184 Å². The molecule has 31 heavy (non-hydrogen) atoms. The Kier molecular flexibility index (Phi) is 11.6. The average molecular weight is 430 g/mol. The first-order valence-corrected chi connectivity index (χ1v) is 11.6. The van der Waals surface area contributed by atoms with Crippen LogP contribution in [0.15, 0.2) is 36.4 Å². The predicted octanol–water partition coefficient (Wildman–Crippen LogP) is 5.97. The normalized spacial score (nSPS) is 11.9. The average Bonchev–Trinajstić information content (AvgIpc) is 2.80. The molecule has 1 unspecified atom stereocenters. The first-order chi connectivity index (χ1) is 15.1. The highest BCUT2D eigenvalue weighted by atomic mass is 17.2. The van der Waals surface area contributed by atoms with Gasteiger partial charge in [0.15, 0.2) is 6.10 Å². The molecule has 170 valence electrons. The Morgan fingerprint density at radius 1 is 0.839 bits per heavy atom. The van der Waals surface area contributed by atoms with E-state index in [1.165, 1.54) is 51.4 Å². The molecule has 0 spiro atoms. The van der Waals surface area contributed by atoms with Gasteiger partial charge in [-0.1, -0.05) is 95.4 Å². The zero-order valence-corrected chi connectivity index (χ0v) is 18.6. The number of benzene rings is 1. The third-order valence-electron chi connectivity index (χ3n) is 5.32. The third kappa shape index (κ3) is 9.47. The van der Waals surface area contributed by atoms with Crippen molar-refractivity contribution < 1.29 is 24.5 Å². The molecule has 0 fully saturated rings. The van der Waals surface area contributed by atoms with Crippen molar-refractivity contribution in [2.75, 3.05) is 0 Å². The van der Waals surface area contributed by atoms with Crippen LogP contribution in [0.4, 0.5) is 0 Å². The van der Waals surface area contributed by atoms with E-state index in [1.54, 1.807) is 18.2 Å². The maximum Gasteiger partial charge on any atom is 0.389 e. The molecule has 0 aliphatic rings. The van der Waals surface area contributed by atoms with Gasteiger partial charge in [0.2, 0.25) is 0 Å². The second-order valence-electron chi connectivity index (χ2n) is 7.97. The Morgan fingerprint density at radius 3 is 2.13 bits per heavy atom. The number of carbonyl (C=O) groups is 2. The van der Waals surface area contributed by atoms with Crippen molar-refractivity contribution in [1.82, 2.24) is 4.98 Å². The molecule has 2 aromatic rings. The van der Waals surface area contributed by atoms with E-state index in [1.807, 2.05) is 18.2 Å². The summed E-state index contributed by atoms with van der Waals surface area (Å²) in [6, 6.07) is 10.7. The van der Waals surface area contributed by atoms with E-state index in [9.17, 15) is 14.7 Å². The monoisotopic (exact) mass is 429 g/mol. The van der Waals surface area contributed by atoms with Crippen molar-refractivity contribution in [2.45, 2.75) is 90.1 Å². The molecule has 0 saturated heterocycles. The van der Waals surface area contributed by atoms with Crippen LogP contribution in [0.5, 0.6) is 0 Å². The lowest BCUT2D eigenvalue weighted by Crippen LogP contribution is -2.19. The van der Waals surface area contributed by atoms with Gasteiger partial charge >= 0.3 is 11.9 Å². The molecule has 6 heteroatoms. The molecule has 0 saturated carbocycles. The van der Waals surface area contributed by atoms with Gasteiger partial charge in [0.05, 0.1) is 17.6 Å². The minimum Gasteiger partial charge on any atom is -0.376 e. The minimum atomic E-state index is -1.61. The summed E-state index contributed by atoms with van der Waals surface area (Å²) in [6.07, 6.45) is 11.6. The van der Waals surface area contributed by atoms with Crippen LogP contribution in [0.1, 0.15) is 95.8 Å². The van der Waals surface area contributed by atoms with Crippen LogP contribution < -0.4 is 0 Å². The molecule has 0 amide bonds. The number of aliphatic hydroxyl groups excluding tert-OH is 1. The van der Waals surface area contributed by atoms with Crippen LogP contribution in [-0.2, 0) is 19.4 Å². The Morgan fingerprint density at radius 2 is 1.45 bits per heavy atom. The standard InChI is InChI=1S/C25H35NO5/c1-2-3-4-5-6-7-8-9-10-11-12-17-23(27)30-31-25(29)24(28)22-19-18-20-15-13-14-16-21(20)26-22/h13-16,18-19,24,28H,2-12,17H2,1H3. The molecule has 0 aliphatic carbocycles. The number of hydrogen-bond donors (Lipinski definition) is 1. The van der Waals surface area contributed by atoms with E-state index < -0.39 is 18.0 Å². The molecular formula is C25H35NO5. The maximum absolute atomic E-state index is 12.0. The molecule has 1 aromatic heterocycles. The summed E-state index contributed by atoms with van der Waals surface area (Å²) in [5.41, 5.74) is 0.797. The summed E-state index contributed by atoms with van der Waals surface area (Å²) >= 11 is 0. The number of nitrogens with zero attached hydrogens (tertiary/aromatic N) is 1. The van der Waals surface area contributed by atoms with Crippen molar-refractivity contribution in [3.8, 4) is 0 Å². The van der Waals surface area contributed by atoms with Gasteiger partial charge in [-0.05, 0) is 18.6 Å². The fourth-order valence-electron chi connectivity index (χ4n) is 3.46. The van der Waals surface area contributed by atoms with Crippen LogP contribution >= 0.6 is 0 Å². The number of unbranched alkanes of at least 4 members (excludes halogenated alkanes) is 10. The number of carbonyl (C=O) groups excluding carboxylic acids is 2. The Balaban J connectivity index is 1.54. The molecule has 1 N–H and O–H groups in total. The van der Waals surface area contributed by atoms with E-state index in [0.717, 1.165) is 18.2 Å². The lowest BCUT2D eigenvalue weighted by molar-refractivity contribution is -0.265. The molecule has 0 bridgehead atoms. The van der Waals surface area contributed by atoms with Gasteiger partial charge < -0.3 is 5.11 Å². The molecule has 0 aliphatic heterocycles. The first kappa shape index (κ1) is 24.8. The van der Waals surface area contributed by atoms with Gasteiger partial charge in [0.25, 0.3) is 0 Å². The largest absolute Gasteiger partial charge is 0.389 e. The van der Waals surface area contributed by atoms with Crippen LogP contribution in [-0.4, -0.2) is 22.0 Å². The van der Waals surface area contributed by atoms with Gasteiger partial charge in [-0.3, -0.25) is 0 Å². The third-order valence-corrected chi connectivity index (χ3v) is 5.32. The predicted molar refractivity (Wildman–Crippen MR) is 120 cm³/mol. The number of rotatable bonds is 14. The van der Waals surface area contributed by atoms with Gasteiger partial charge in [-0.25, -0.2) is 24.3 Å². The quantitative estimate of drug-likeness (QED) is 0.226. The number of hydrogen-bond acceptors (Lipinski definition) is 6. The topological polar surface area (TPSA) is 85.7 Å². The van der Waals surface area contributed by atoms with Crippen LogP contribution in [0.25, 0.3) is 10.9 Å². The number of fused-ring (bicyclic) bond motifs is 1. The SMILES string of the molecule is CCCCCCCCCCCCCC(=O)OOC(=O)C(O)c1ccc2ccccc2n1. The van der Waals surface area contributed by atoms with Crippen molar-refractivity contribution >= 4 is 22.8 Å². The molecule has 0 radical (unpaired) electrons. The van der Waals surface area contributed by atoms with Crippen molar-refractivity contribution in [2.24, 2.45) is 0 Å². The summed E-state index contributed by atoms with van der Waals surface area (Å²) in [4.78, 5) is 37.0. The highest BCUT2D eigenvalue weighted by Crippen LogP contribution is 2.18. The first-order valence-electron chi connectivity index (χ1n) is 11.6. The van der Waals surface area contributed by atoms with E-state index in [0.29, 0.717) is 11.9 Å². The van der Waals surface area contributed by atoms with Gasteiger partial charge in [0.1, 0.15) is 0 Å². The second-order valence-corrected chi connectivity index (χ2v) is 7.97. The summed E-state index contributed by atoms with van der Waals surface area (Å²) in [7, 11) is 0. The Hall–Kier alpha value is -2.47. The van der Waals surface area contributed by atoms with E-state index in [2.05, 4.69) is 21.7 Å². The summed E-state index contributed by atoms with van der Waals surface area (Å²) in [6.45, 7) is 2.23. The van der Waals surface area contributed by atoms with Crippen molar-refractivity contribution in [1.29, 1.82) is 0 Å². The molecular weight excluding hydrogens is 394 g/mol. The van der Waals surface area contributed by atoms with E-state index in [4.69, 9.17) is 0 Å². The van der Waals surface area contributed by atoms with Crippen LogP contribution in [0.3, 0.4) is 0 Å². The molecule has 1 heterocycles. The summed E-state index contributed by atoms with van der Waals surface area (Å²) in [5, 5.41) is 11.0. The van der Waals surface area contributed by atoms with E-state index >= 15 is 0 Å². The smallest absolute Gasteiger partial charge is 0.376 e. The second kappa shape index (κ2) is 14.5. The number of pyridine rings is 1. The lowest BCUT2D eigenvalue weighted by atomic mass is 10.1. The maximum atomic E-state index is 12.0.